The zero-order valence-electron chi connectivity index (χ0n) is 19.6. The molecule has 0 unspecified atom stereocenters. The smallest absolute Gasteiger partial charge is 0.248 e. The molecule has 3 aromatic rings. The van der Waals surface area contributed by atoms with Gasteiger partial charge in [-0.25, -0.2) is 4.98 Å². The second-order valence-corrected chi connectivity index (χ2v) is 8.08. The van der Waals surface area contributed by atoms with Crippen LogP contribution in [-0.4, -0.2) is 56.2 Å². The summed E-state index contributed by atoms with van der Waals surface area (Å²) in [5.74, 6) is 2.44. The van der Waals surface area contributed by atoms with Gasteiger partial charge in [0.2, 0.25) is 5.91 Å². The summed E-state index contributed by atoms with van der Waals surface area (Å²) in [4.78, 5) is 21.4. The summed E-state index contributed by atoms with van der Waals surface area (Å²) in [6.07, 6.45) is 5.02. The number of benzene rings is 2. The van der Waals surface area contributed by atoms with Crippen LogP contribution in [-0.2, 0) is 11.3 Å². The Morgan fingerprint density at radius 2 is 1.79 bits per heavy atom. The fraction of sp³-hybridized carbons (Fsp3) is 0.259. The quantitative estimate of drug-likeness (QED) is 0.514. The molecule has 0 saturated carbocycles. The maximum atomic E-state index is 12.2. The lowest BCUT2D eigenvalue weighted by molar-refractivity contribution is -0.111. The summed E-state index contributed by atoms with van der Waals surface area (Å²) in [6, 6.07) is 19.5. The standard InChI is InChI=1S/C27H30N4O3/c1-33-24-10-11-25(34-2)22(18-24)20-30-14-16-31(17-15-30)26-12-9-23(19-28-26)29-27(32)13-8-21-6-4-3-5-7-21/h3-13,18-19H,14-17,20H2,1-2H3,(H,29,32)/b13-8+. The number of pyridine rings is 1. The lowest BCUT2D eigenvalue weighted by Gasteiger charge is -2.35. The molecular formula is C27H30N4O3. The average molecular weight is 459 g/mol. The first-order chi connectivity index (χ1) is 16.6. The van der Waals surface area contributed by atoms with Crippen molar-refractivity contribution < 1.29 is 14.3 Å². The predicted octanol–water partition coefficient (Wildman–Crippen LogP) is 4.07. The Balaban J connectivity index is 1.28. The molecule has 1 aliphatic rings. The van der Waals surface area contributed by atoms with Crippen molar-refractivity contribution in [1.29, 1.82) is 0 Å². The Hall–Kier alpha value is -3.84. The molecule has 34 heavy (non-hydrogen) atoms. The molecule has 1 saturated heterocycles. The Morgan fingerprint density at radius 3 is 2.47 bits per heavy atom. The SMILES string of the molecule is COc1ccc(OC)c(CN2CCN(c3ccc(NC(=O)/C=C/c4ccccc4)cn3)CC2)c1. The van der Waals surface area contributed by atoms with Crippen molar-refractivity contribution in [3.8, 4) is 11.5 Å². The largest absolute Gasteiger partial charge is 0.497 e. The van der Waals surface area contributed by atoms with E-state index in [2.05, 4.69) is 20.1 Å². The highest BCUT2D eigenvalue weighted by Crippen LogP contribution is 2.26. The highest BCUT2D eigenvalue weighted by Gasteiger charge is 2.19. The van der Waals surface area contributed by atoms with Gasteiger partial charge in [-0.3, -0.25) is 9.69 Å². The van der Waals surface area contributed by atoms with Gasteiger partial charge in [0.05, 0.1) is 26.1 Å². The second-order valence-electron chi connectivity index (χ2n) is 8.08. The van der Waals surface area contributed by atoms with Gasteiger partial charge in [0, 0.05) is 44.4 Å². The molecule has 0 atom stereocenters. The summed E-state index contributed by atoms with van der Waals surface area (Å²) in [6.45, 7) is 4.41. The average Bonchev–Trinajstić information content (AvgIpc) is 2.89. The molecule has 0 spiro atoms. The highest BCUT2D eigenvalue weighted by molar-refractivity contribution is 6.01. The second kappa shape index (κ2) is 11.3. The molecular weight excluding hydrogens is 428 g/mol. The van der Waals surface area contributed by atoms with Crippen molar-refractivity contribution in [2.24, 2.45) is 0 Å². The number of anilines is 2. The Labute approximate surface area is 200 Å². The minimum Gasteiger partial charge on any atom is -0.497 e. The van der Waals surface area contributed by atoms with Gasteiger partial charge >= 0.3 is 0 Å². The van der Waals surface area contributed by atoms with Gasteiger partial charge in [0.15, 0.2) is 0 Å². The van der Waals surface area contributed by atoms with E-state index in [-0.39, 0.29) is 5.91 Å². The molecule has 7 heteroatoms. The normalized spacial score (nSPS) is 14.2. The number of carbonyl (C=O) groups excluding carboxylic acids is 1. The molecule has 1 fully saturated rings. The van der Waals surface area contributed by atoms with Crippen LogP contribution in [0.3, 0.4) is 0 Å². The maximum absolute atomic E-state index is 12.2. The number of ether oxygens (including phenoxy) is 2. The molecule has 0 radical (unpaired) electrons. The zero-order valence-corrected chi connectivity index (χ0v) is 19.6. The molecule has 7 nitrogen and oxygen atoms in total. The van der Waals surface area contributed by atoms with Gasteiger partial charge < -0.3 is 19.7 Å². The van der Waals surface area contributed by atoms with Gasteiger partial charge in [-0.05, 0) is 42.0 Å². The number of amides is 1. The van der Waals surface area contributed by atoms with Crippen LogP contribution < -0.4 is 19.7 Å². The Bertz CT molecular complexity index is 1110. The van der Waals surface area contributed by atoms with Crippen LogP contribution in [0.5, 0.6) is 11.5 Å². The number of carbonyl (C=O) groups is 1. The van der Waals surface area contributed by atoms with Crippen LogP contribution in [0, 0.1) is 0 Å². The van der Waals surface area contributed by atoms with E-state index in [1.54, 1.807) is 26.5 Å². The third-order valence-electron chi connectivity index (χ3n) is 5.82. The van der Waals surface area contributed by atoms with Gasteiger partial charge in [-0.2, -0.15) is 0 Å². The third-order valence-corrected chi connectivity index (χ3v) is 5.82. The van der Waals surface area contributed by atoms with Crippen LogP contribution >= 0.6 is 0 Å². The lowest BCUT2D eigenvalue weighted by atomic mass is 10.1. The Morgan fingerprint density at radius 1 is 1.00 bits per heavy atom. The first-order valence-corrected chi connectivity index (χ1v) is 11.3. The number of nitrogens with one attached hydrogen (secondary N) is 1. The van der Waals surface area contributed by atoms with Crippen molar-refractivity contribution in [1.82, 2.24) is 9.88 Å². The first-order valence-electron chi connectivity index (χ1n) is 11.3. The van der Waals surface area contributed by atoms with E-state index in [0.29, 0.717) is 5.69 Å². The number of hydrogen-bond donors (Lipinski definition) is 1. The third kappa shape index (κ3) is 6.14. The van der Waals surface area contributed by atoms with E-state index in [9.17, 15) is 4.79 Å². The summed E-state index contributed by atoms with van der Waals surface area (Å²) in [5.41, 5.74) is 2.78. The molecule has 2 aromatic carbocycles. The highest BCUT2D eigenvalue weighted by atomic mass is 16.5. The molecule has 1 N–H and O–H groups in total. The van der Waals surface area contributed by atoms with Crippen molar-refractivity contribution in [2.45, 2.75) is 6.54 Å². The van der Waals surface area contributed by atoms with E-state index < -0.39 is 0 Å². The number of aromatic nitrogens is 1. The molecule has 1 aromatic heterocycles. The van der Waals surface area contributed by atoms with Crippen LogP contribution in [0.1, 0.15) is 11.1 Å². The summed E-state index contributed by atoms with van der Waals surface area (Å²) >= 11 is 0. The van der Waals surface area contributed by atoms with Crippen molar-refractivity contribution in [3.63, 3.8) is 0 Å². The summed E-state index contributed by atoms with van der Waals surface area (Å²) < 4.78 is 10.9. The van der Waals surface area contributed by atoms with Crippen molar-refractivity contribution in [3.05, 3.63) is 84.1 Å². The molecule has 1 aliphatic heterocycles. The van der Waals surface area contributed by atoms with Gasteiger partial charge in [-0.15, -0.1) is 0 Å². The van der Waals surface area contributed by atoms with E-state index >= 15 is 0 Å². The predicted molar refractivity (Wildman–Crippen MR) is 135 cm³/mol. The minimum atomic E-state index is -0.181. The molecule has 1 amide bonds. The van der Waals surface area contributed by atoms with E-state index in [0.717, 1.165) is 61.2 Å². The zero-order chi connectivity index (χ0) is 23.8. The molecule has 2 heterocycles. The number of methoxy groups -OCH3 is 2. The first kappa shape index (κ1) is 23.3. The monoisotopic (exact) mass is 458 g/mol. The van der Waals surface area contributed by atoms with Gasteiger partial charge in [0.1, 0.15) is 17.3 Å². The lowest BCUT2D eigenvalue weighted by Crippen LogP contribution is -2.46. The van der Waals surface area contributed by atoms with Crippen LogP contribution in [0.4, 0.5) is 11.5 Å². The number of hydrogen-bond acceptors (Lipinski definition) is 6. The number of rotatable bonds is 8. The fourth-order valence-electron chi connectivity index (χ4n) is 3.95. The van der Waals surface area contributed by atoms with Crippen molar-refractivity contribution in [2.75, 3.05) is 50.6 Å². The Kier molecular flexibility index (Phi) is 7.78. The van der Waals surface area contributed by atoms with E-state index in [4.69, 9.17) is 9.47 Å². The van der Waals surface area contributed by atoms with E-state index in [1.807, 2.05) is 60.7 Å². The van der Waals surface area contributed by atoms with Crippen LogP contribution in [0.2, 0.25) is 0 Å². The topological polar surface area (TPSA) is 66.9 Å². The molecule has 0 aliphatic carbocycles. The van der Waals surface area contributed by atoms with Crippen molar-refractivity contribution >= 4 is 23.5 Å². The fourth-order valence-corrected chi connectivity index (χ4v) is 3.95. The molecule has 4 rings (SSSR count). The number of piperazine rings is 1. The number of nitrogens with zero attached hydrogens (tertiary/aromatic N) is 3. The van der Waals surface area contributed by atoms with Crippen LogP contribution in [0.25, 0.3) is 6.08 Å². The minimum absolute atomic E-state index is 0.181. The summed E-state index contributed by atoms with van der Waals surface area (Å²) in [7, 11) is 3.37. The van der Waals surface area contributed by atoms with Gasteiger partial charge in [-0.1, -0.05) is 30.3 Å². The maximum Gasteiger partial charge on any atom is 0.248 e. The van der Waals surface area contributed by atoms with E-state index in [1.165, 1.54) is 6.08 Å². The van der Waals surface area contributed by atoms with Gasteiger partial charge in [0.25, 0.3) is 0 Å². The molecule has 0 bridgehead atoms. The van der Waals surface area contributed by atoms with Crippen LogP contribution in [0.15, 0.2) is 72.9 Å². The summed E-state index contributed by atoms with van der Waals surface area (Å²) in [5, 5.41) is 2.86. The molecule has 176 valence electrons.